The molecule has 0 saturated heterocycles. The number of halogens is 1. The summed E-state index contributed by atoms with van der Waals surface area (Å²) in [4.78, 5) is 10.9. The Kier molecular flexibility index (Phi) is 1.55. The largest absolute Gasteiger partial charge is 0.298 e. The topological polar surface area (TPSA) is 17.1 Å². The Morgan fingerprint density at radius 1 is 1.78 bits per heavy atom. The normalized spacial score (nSPS) is 29.9. The van der Waals surface area contributed by atoms with E-state index in [1.54, 1.807) is 0 Å². The summed E-state index contributed by atoms with van der Waals surface area (Å²) >= 11 is 5.36. The van der Waals surface area contributed by atoms with E-state index < -0.39 is 0 Å². The van der Waals surface area contributed by atoms with Gasteiger partial charge in [0.15, 0.2) is 5.78 Å². The molecule has 0 N–H and O–H groups in total. The van der Waals surface area contributed by atoms with E-state index in [-0.39, 0.29) is 23.0 Å². The summed E-state index contributed by atoms with van der Waals surface area (Å²) in [7, 11) is 0. The molecule has 0 radical (unpaired) electrons. The lowest BCUT2D eigenvalue weighted by atomic mass is 10.1. The van der Waals surface area contributed by atoms with Crippen molar-refractivity contribution in [3.63, 3.8) is 0 Å². The average molecular weight is 147 g/mol. The quantitative estimate of drug-likeness (QED) is 0.544. The summed E-state index contributed by atoms with van der Waals surface area (Å²) in [6.45, 7) is 4.20. The first-order valence-corrected chi connectivity index (χ1v) is 3.70. The monoisotopic (exact) mass is 146 g/mol. The van der Waals surface area contributed by atoms with Gasteiger partial charge in [-0.25, -0.2) is 0 Å². The highest BCUT2D eigenvalue weighted by molar-refractivity contribution is 6.28. The van der Waals surface area contributed by atoms with Crippen molar-refractivity contribution in [3.8, 4) is 0 Å². The molecule has 0 aromatic heterocycles. The number of rotatable bonds is 2. The SMILES string of the molecule is CC1(C)CC1C(=O)CCl. The van der Waals surface area contributed by atoms with Crippen LogP contribution in [0.5, 0.6) is 0 Å². The molecule has 1 unspecified atom stereocenters. The van der Waals surface area contributed by atoms with Gasteiger partial charge in [0.05, 0.1) is 5.88 Å². The predicted octanol–water partition coefficient (Wildman–Crippen LogP) is 1.84. The van der Waals surface area contributed by atoms with E-state index in [1.165, 1.54) is 0 Å². The van der Waals surface area contributed by atoms with Crippen LogP contribution in [-0.2, 0) is 4.79 Å². The molecule has 2 heteroatoms. The van der Waals surface area contributed by atoms with Crippen LogP contribution in [0.2, 0.25) is 0 Å². The van der Waals surface area contributed by atoms with Gasteiger partial charge in [0, 0.05) is 5.92 Å². The second-order valence-corrected chi connectivity index (χ2v) is 3.61. The minimum Gasteiger partial charge on any atom is -0.298 e. The van der Waals surface area contributed by atoms with Gasteiger partial charge in [-0.1, -0.05) is 13.8 Å². The number of hydrogen-bond acceptors (Lipinski definition) is 1. The minimum atomic E-state index is 0.189. The lowest BCUT2D eigenvalue weighted by Gasteiger charge is -1.97. The summed E-state index contributed by atoms with van der Waals surface area (Å²) < 4.78 is 0. The fourth-order valence-corrected chi connectivity index (χ4v) is 1.30. The van der Waals surface area contributed by atoms with Gasteiger partial charge in [-0.05, 0) is 11.8 Å². The minimum absolute atomic E-state index is 0.189. The first-order valence-electron chi connectivity index (χ1n) is 3.16. The summed E-state index contributed by atoms with van der Waals surface area (Å²) in [5.74, 6) is 0.658. The zero-order valence-corrected chi connectivity index (χ0v) is 6.53. The maximum absolute atomic E-state index is 10.9. The highest BCUT2D eigenvalue weighted by Crippen LogP contribution is 2.52. The average Bonchev–Trinajstić information content (AvgIpc) is 2.38. The number of alkyl halides is 1. The van der Waals surface area contributed by atoms with E-state index >= 15 is 0 Å². The van der Waals surface area contributed by atoms with Crippen LogP contribution < -0.4 is 0 Å². The number of carbonyl (C=O) groups is 1. The molecule has 1 atom stereocenters. The fraction of sp³-hybridized carbons (Fsp3) is 0.857. The van der Waals surface area contributed by atoms with Gasteiger partial charge in [0.1, 0.15) is 0 Å². The number of carbonyl (C=O) groups excluding carboxylic acids is 1. The molecule has 0 spiro atoms. The molecule has 1 saturated carbocycles. The molecule has 1 fully saturated rings. The molecule has 1 rings (SSSR count). The summed E-state index contributed by atoms with van der Waals surface area (Å²) in [6.07, 6.45) is 1.03. The van der Waals surface area contributed by atoms with Gasteiger partial charge < -0.3 is 0 Å². The van der Waals surface area contributed by atoms with Gasteiger partial charge in [-0.3, -0.25) is 4.79 Å². The van der Waals surface area contributed by atoms with Crippen LogP contribution in [-0.4, -0.2) is 11.7 Å². The molecular formula is C7H11ClO. The van der Waals surface area contributed by atoms with E-state index in [0.717, 1.165) is 6.42 Å². The van der Waals surface area contributed by atoms with Crippen LogP contribution in [0.4, 0.5) is 0 Å². The molecule has 1 aliphatic carbocycles. The summed E-state index contributed by atoms with van der Waals surface area (Å²) in [6, 6.07) is 0. The van der Waals surface area contributed by atoms with Crippen molar-refractivity contribution in [1.82, 2.24) is 0 Å². The highest BCUT2D eigenvalue weighted by atomic mass is 35.5. The standard InChI is InChI=1S/C7H11ClO/c1-7(2)3-5(7)6(9)4-8/h5H,3-4H2,1-2H3. The molecule has 0 aromatic rings. The van der Waals surface area contributed by atoms with Crippen molar-refractivity contribution >= 4 is 17.4 Å². The van der Waals surface area contributed by atoms with Gasteiger partial charge in [-0.2, -0.15) is 0 Å². The van der Waals surface area contributed by atoms with Crippen LogP contribution in [0.15, 0.2) is 0 Å². The number of hydrogen-bond donors (Lipinski definition) is 0. The van der Waals surface area contributed by atoms with Crippen LogP contribution in [0.1, 0.15) is 20.3 Å². The van der Waals surface area contributed by atoms with Crippen LogP contribution in [0.25, 0.3) is 0 Å². The highest BCUT2D eigenvalue weighted by Gasteiger charge is 2.49. The Labute approximate surface area is 60.4 Å². The Morgan fingerprint density at radius 2 is 2.22 bits per heavy atom. The summed E-state index contributed by atoms with van der Waals surface area (Å²) in [5, 5.41) is 0. The van der Waals surface area contributed by atoms with E-state index in [9.17, 15) is 4.79 Å². The van der Waals surface area contributed by atoms with Crippen molar-refractivity contribution in [2.45, 2.75) is 20.3 Å². The molecule has 0 aromatic carbocycles. The molecule has 0 bridgehead atoms. The van der Waals surface area contributed by atoms with E-state index in [2.05, 4.69) is 13.8 Å². The Balaban J connectivity index is 2.42. The van der Waals surface area contributed by atoms with Crippen molar-refractivity contribution < 1.29 is 4.79 Å². The maximum Gasteiger partial charge on any atom is 0.151 e. The van der Waals surface area contributed by atoms with Crippen molar-refractivity contribution in [3.05, 3.63) is 0 Å². The third-order valence-electron chi connectivity index (χ3n) is 2.03. The first-order chi connectivity index (χ1) is 4.08. The van der Waals surface area contributed by atoms with Crippen LogP contribution in [0.3, 0.4) is 0 Å². The molecule has 0 amide bonds. The zero-order valence-electron chi connectivity index (χ0n) is 5.78. The number of Topliss-reactive ketones (excluding diaryl/α,β-unsaturated/α-hetero) is 1. The van der Waals surface area contributed by atoms with Crippen molar-refractivity contribution in [2.24, 2.45) is 11.3 Å². The predicted molar refractivity (Wildman–Crippen MR) is 37.6 cm³/mol. The molecule has 52 valence electrons. The second kappa shape index (κ2) is 1.98. The molecular weight excluding hydrogens is 136 g/mol. The van der Waals surface area contributed by atoms with Crippen molar-refractivity contribution in [2.75, 3.05) is 5.88 Å². The molecule has 0 heterocycles. The summed E-state index contributed by atoms with van der Waals surface area (Å²) in [5.41, 5.74) is 0.256. The van der Waals surface area contributed by atoms with E-state index in [4.69, 9.17) is 11.6 Å². The van der Waals surface area contributed by atoms with Crippen LogP contribution in [0, 0.1) is 11.3 Å². The van der Waals surface area contributed by atoms with E-state index in [0.29, 0.717) is 0 Å². The van der Waals surface area contributed by atoms with Gasteiger partial charge in [-0.15, -0.1) is 11.6 Å². The molecule has 1 aliphatic rings. The van der Waals surface area contributed by atoms with Crippen LogP contribution >= 0.6 is 11.6 Å². The first kappa shape index (κ1) is 7.07. The maximum atomic E-state index is 10.9. The molecule has 9 heavy (non-hydrogen) atoms. The Morgan fingerprint density at radius 3 is 2.33 bits per heavy atom. The number of ketones is 1. The lowest BCUT2D eigenvalue weighted by molar-refractivity contribution is -0.118. The fourth-order valence-electron chi connectivity index (χ4n) is 1.11. The molecule has 0 aliphatic heterocycles. The lowest BCUT2D eigenvalue weighted by Crippen LogP contribution is -2.06. The third-order valence-corrected chi connectivity index (χ3v) is 2.30. The Bertz CT molecular complexity index is 140. The smallest absolute Gasteiger partial charge is 0.151 e. The third kappa shape index (κ3) is 1.26. The van der Waals surface area contributed by atoms with E-state index in [1.807, 2.05) is 0 Å². The molecule has 1 nitrogen and oxygen atoms in total. The zero-order chi connectivity index (χ0) is 7.07. The van der Waals surface area contributed by atoms with Crippen molar-refractivity contribution in [1.29, 1.82) is 0 Å². The Hall–Kier alpha value is -0.0400. The second-order valence-electron chi connectivity index (χ2n) is 3.35. The van der Waals surface area contributed by atoms with Gasteiger partial charge in [0.25, 0.3) is 0 Å². The van der Waals surface area contributed by atoms with Gasteiger partial charge in [0.2, 0.25) is 0 Å². The van der Waals surface area contributed by atoms with Gasteiger partial charge >= 0.3 is 0 Å².